The van der Waals surface area contributed by atoms with Crippen molar-refractivity contribution in [2.24, 2.45) is 4.40 Å². The van der Waals surface area contributed by atoms with Gasteiger partial charge < -0.3 is 4.74 Å². The van der Waals surface area contributed by atoms with E-state index in [1.807, 2.05) is 20.8 Å². The van der Waals surface area contributed by atoms with Crippen molar-refractivity contribution in [3.8, 4) is 5.75 Å². The zero-order chi connectivity index (χ0) is 14.9. The second-order valence-electron chi connectivity index (χ2n) is 5.44. The lowest BCUT2D eigenvalue weighted by molar-refractivity contribution is -0.384. The van der Waals surface area contributed by atoms with E-state index in [9.17, 15) is 14.3 Å². The largest absolute Gasteiger partial charge is 0.492 e. The van der Waals surface area contributed by atoms with Gasteiger partial charge >= 0.3 is 0 Å². The minimum absolute atomic E-state index is 0.0245. The molecule has 0 aromatic heterocycles. The van der Waals surface area contributed by atoms with Crippen LogP contribution in [0.3, 0.4) is 0 Å². The number of nitrogens with zero attached hydrogens (tertiary/aromatic N) is 2. The van der Waals surface area contributed by atoms with Crippen LogP contribution in [0.5, 0.6) is 5.75 Å². The van der Waals surface area contributed by atoms with Crippen molar-refractivity contribution in [2.45, 2.75) is 31.9 Å². The van der Waals surface area contributed by atoms with Crippen LogP contribution in [0.2, 0.25) is 0 Å². The summed E-state index contributed by atoms with van der Waals surface area (Å²) in [6, 6.07) is 4.37. The number of non-ortho nitro benzene ring substituents is 1. The molecule has 0 N–H and O–H groups in total. The van der Waals surface area contributed by atoms with Gasteiger partial charge in [0.1, 0.15) is 16.7 Å². The molecule has 0 unspecified atom stereocenters. The zero-order valence-corrected chi connectivity index (χ0v) is 12.4. The number of fused-ring (bicyclic) bond motifs is 1. The smallest absolute Gasteiger partial charge is 0.270 e. The molecule has 7 heteroatoms. The first-order valence-corrected chi connectivity index (χ1v) is 7.31. The van der Waals surface area contributed by atoms with Crippen molar-refractivity contribution in [1.29, 1.82) is 0 Å². The van der Waals surface area contributed by atoms with Gasteiger partial charge in [0.05, 0.1) is 22.0 Å². The van der Waals surface area contributed by atoms with Crippen molar-refractivity contribution < 1.29 is 13.9 Å². The van der Waals surface area contributed by atoms with Crippen LogP contribution in [0, 0.1) is 10.1 Å². The van der Waals surface area contributed by atoms with Gasteiger partial charge in [-0.05, 0) is 26.8 Å². The Balaban J connectivity index is 2.46. The number of nitro benzene ring substituents is 1. The average molecular weight is 296 g/mol. The molecule has 2 rings (SSSR count). The highest BCUT2D eigenvalue weighted by Gasteiger charge is 2.24. The van der Waals surface area contributed by atoms with Gasteiger partial charge in [-0.3, -0.25) is 10.1 Å². The Bertz CT molecular complexity index is 605. The van der Waals surface area contributed by atoms with Gasteiger partial charge in [0, 0.05) is 24.1 Å². The Morgan fingerprint density at radius 1 is 1.40 bits per heavy atom. The van der Waals surface area contributed by atoms with Crippen molar-refractivity contribution >= 4 is 22.4 Å². The summed E-state index contributed by atoms with van der Waals surface area (Å²) in [7, 11) is -1.40. The Morgan fingerprint density at radius 2 is 2.10 bits per heavy atom. The first-order chi connectivity index (χ1) is 9.29. The van der Waals surface area contributed by atoms with Gasteiger partial charge in [-0.2, -0.15) is 4.40 Å². The molecule has 0 spiro atoms. The molecule has 1 aliphatic rings. The van der Waals surface area contributed by atoms with Crippen LogP contribution in [0.4, 0.5) is 5.69 Å². The summed E-state index contributed by atoms with van der Waals surface area (Å²) in [4.78, 5) is 10.4. The van der Waals surface area contributed by atoms with Gasteiger partial charge in [-0.25, -0.2) is 4.21 Å². The summed E-state index contributed by atoms with van der Waals surface area (Å²) in [6.45, 7) is 5.94. The maximum Gasteiger partial charge on any atom is 0.270 e. The van der Waals surface area contributed by atoms with Crippen LogP contribution >= 0.6 is 0 Å². The molecule has 0 aliphatic carbocycles. The van der Waals surface area contributed by atoms with Crippen LogP contribution in [0.25, 0.3) is 0 Å². The summed E-state index contributed by atoms with van der Waals surface area (Å²) in [5.74, 6) is 0.548. The van der Waals surface area contributed by atoms with E-state index in [1.165, 1.54) is 12.1 Å². The van der Waals surface area contributed by atoms with Crippen LogP contribution in [-0.4, -0.2) is 26.2 Å². The Morgan fingerprint density at radius 3 is 2.70 bits per heavy atom. The van der Waals surface area contributed by atoms with Crippen LogP contribution in [0.1, 0.15) is 32.8 Å². The molecule has 0 saturated carbocycles. The Labute approximate surface area is 119 Å². The molecule has 1 aromatic carbocycles. The predicted octanol–water partition coefficient (Wildman–Crippen LogP) is 2.63. The summed E-state index contributed by atoms with van der Waals surface area (Å²) in [5, 5.41) is 10.8. The zero-order valence-electron chi connectivity index (χ0n) is 11.6. The third kappa shape index (κ3) is 3.04. The van der Waals surface area contributed by atoms with Crippen molar-refractivity contribution in [3.05, 3.63) is 33.9 Å². The first-order valence-electron chi connectivity index (χ1n) is 6.20. The molecule has 1 aromatic rings. The fraction of sp³-hybridized carbons (Fsp3) is 0.462. The maximum absolute atomic E-state index is 12.1. The molecule has 1 aliphatic heterocycles. The molecule has 20 heavy (non-hydrogen) atoms. The van der Waals surface area contributed by atoms with Gasteiger partial charge in [0.25, 0.3) is 5.69 Å². The number of nitro groups is 1. The van der Waals surface area contributed by atoms with E-state index in [2.05, 4.69) is 4.40 Å². The minimum atomic E-state index is -1.40. The molecule has 0 fully saturated rings. The Kier molecular flexibility index (Phi) is 3.89. The van der Waals surface area contributed by atoms with Crippen molar-refractivity contribution in [1.82, 2.24) is 0 Å². The molecule has 6 nitrogen and oxygen atoms in total. The lowest BCUT2D eigenvalue weighted by Crippen LogP contribution is -2.23. The van der Waals surface area contributed by atoms with E-state index < -0.39 is 20.7 Å². The molecular formula is C13H16N2O4S. The molecule has 0 bridgehead atoms. The van der Waals surface area contributed by atoms with E-state index >= 15 is 0 Å². The third-order valence-corrected chi connectivity index (χ3v) is 4.23. The topological polar surface area (TPSA) is 81.8 Å². The normalized spacial score (nSPS) is 18.2. The van der Waals surface area contributed by atoms with Crippen LogP contribution in [-0.2, 0) is 11.0 Å². The molecule has 1 atom stereocenters. The van der Waals surface area contributed by atoms with Crippen molar-refractivity contribution in [2.75, 3.05) is 6.61 Å². The summed E-state index contributed by atoms with van der Waals surface area (Å²) in [6.07, 6.45) is 0.496. The molecule has 108 valence electrons. The van der Waals surface area contributed by atoms with Gasteiger partial charge in [-0.1, -0.05) is 0 Å². The third-order valence-electron chi connectivity index (χ3n) is 2.80. The monoisotopic (exact) mass is 296 g/mol. The van der Waals surface area contributed by atoms with Crippen LogP contribution < -0.4 is 4.74 Å². The molecule has 0 saturated heterocycles. The van der Waals surface area contributed by atoms with Gasteiger partial charge in [0.15, 0.2) is 0 Å². The lowest BCUT2D eigenvalue weighted by atomic mass is 10.0. The standard InChI is InChI=1S/C13H16N2O4S/c1-13(2,3)20(18)14-11-6-7-19-12-5-4-9(15(16)17)8-10(11)12/h4-5,8H,6-7H2,1-3H3/b14-11+/t20-/m1/s1. The molecule has 0 amide bonds. The summed E-state index contributed by atoms with van der Waals surface area (Å²) >= 11 is 0. The number of hydrogen-bond donors (Lipinski definition) is 0. The lowest BCUT2D eigenvalue weighted by Gasteiger charge is -2.20. The number of hydrogen-bond acceptors (Lipinski definition) is 4. The average Bonchev–Trinajstić information content (AvgIpc) is 2.37. The minimum Gasteiger partial charge on any atom is -0.492 e. The van der Waals surface area contributed by atoms with Gasteiger partial charge in [0.2, 0.25) is 0 Å². The first kappa shape index (κ1) is 14.6. The van der Waals surface area contributed by atoms with Crippen LogP contribution in [0.15, 0.2) is 22.6 Å². The molecule has 0 radical (unpaired) electrons. The highest BCUT2D eigenvalue weighted by Crippen LogP contribution is 2.29. The van der Waals surface area contributed by atoms with E-state index in [0.29, 0.717) is 30.1 Å². The number of benzene rings is 1. The quantitative estimate of drug-likeness (QED) is 0.620. The van der Waals surface area contributed by atoms with Gasteiger partial charge in [-0.15, -0.1) is 0 Å². The summed E-state index contributed by atoms with van der Waals surface area (Å²) in [5.41, 5.74) is 1.13. The second-order valence-corrected chi connectivity index (χ2v) is 7.34. The fourth-order valence-electron chi connectivity index (χ4n) is 1.71. The van der Waals surface area contributed by atoms with E-state index in [0.717, 1.165) is 0 Å². The fourth-order valence-corrected chi connectivity index (χ4v) is 2.37. The van der Waals surface area contributed by atoms with E-state index in [4.69, 9.17) is 4.74 Å². The number of rotatable bonds is 2. The highest BCUT2D eigenvalue weighted by atomic mass is 32.2. The van der Waals surface area contributed by atoms with E-state index in [1.54, 1.807) is 6.07 Å². The Hall–Kier alpha value is -1.76. The number of ether oxygens (including phenoxy) is 1. The maximum atomic E-state index is 12.1. The molecule has 1 heterocycles. The second kappa shape index (κ2) is 5.32. The van der Waals surface area contributed by atoms with Crippen molar-refractivity contribution in [3.63, 3.8) is 0 Å². The summed E-state index contributed by atoms with van der Waals surface area (Å²) < 4.78 is 21.3. The highest BCUT2D eigenvalue weighted by molar-refractivity contribution is 7.85. The van der Waals surface area contributed by atoms with E-state index in [-0.39, 0.29) is 5.69 Å². The SMILES string of the molecule is CC(C)(C)[S@@](=O)/N=C1\CCOc2ccc([N+](=O)[O-])cc21. The predicted molar refractivity (Wildman–Crippen MR) is 77.6 cm³/mol. The molecular weight excluding hydrogens is 280 g/mol.